The standard InChI is InChI=1S/C24H29N3O2S/c1-15-4-7-19-20(12-15)30-24-22(19)23(29-18-6-5-16(2)17(3)13-18)25-21(26-24)14-27-8-10-28-11-9-27/h5-6,13,15H,4,7-12,14H2,1-3H3/p+1/t15-/m0/s1. The van der Waals surface area contributed by atoms with Gasteiger partial charge in [0.25, 0.3) is 0 Å². The Labute approximate surface area is 182 Å². The molecule has 1 aliphatic heterocycles. The maximum Gasteiger partial charge on any atom is 0.231 e. The van der Waals surface area contributed by atoms with Crippen molar-refractivity contribution in [2.24, 2.45) is 5.92 Å². The van der Waals surface area contributed by atoms with Crippen molar-refractivity contribution in [3.8, 4) is 11.6 Å². The number of rotatable bonds is 4. The molecular formula is C24H30N3O2S+. The Kier molecular flexibility index (Phi) is 5.48. The lowest BCUT2D eigenvalue weighted by Crippen LogP contribution is -3.12. The minimum absolute atomic E-state index is 0.734. The van der Waals surface area contributed by atoms with E-state index in [0.29, 0.717) is 0 Å². The molecule has 3 heterocycles. The molecule has 2 aromatic heterocycles. The summed E-state index contributed by atoms with van der Waals surface area (Å²) in [7, 11) is 0. The molecule has 3 aromatic rings. The molecule has 2 aliphatic rings. The predicted octanol–water partition coefficient (Wildman–Crippen LogP) is 3.64. The van der Waals surface area contributed by atoms with Gasteiger partial charge >= 0.3 is 0 Å². The highest BCUT2D eigenvalue weighted by Crippen LogP contribution is 2.41. The van der Waals surface area contributed by atoms with Crippen LogP contribution in [0.5, 0.6) is 11.6 Å². The normalized spacial score (nSPS) is 19.8. The SMILES string of the molecule is Cc1ccc(Oc2nc(C[NH+]3CCOCC3)nc3sc4c(c23)CC[C@H](C)C4)cc1C. The van der Waals surface area contributed by atoms with Gasteiger partial charge in [0.15, 0.2) is 5.82 Å². The molecule has 30 heavy (non-hydrogen) atoms. The van der Waals surface area contributed by atoms with Crippen LogP contribution in [0.4, 0.5) is 0 Å². The van der Waals surface area contributed by atoms with Crippen molar-refractivity contribution in [1.29, 1.82) is 0 Å². The fourth-order valence-corrected chi connectivity index (χ4v) is 5.85. The fraction of sp³-hybridized carbons (Fsp3) is 0.500. The minimum Gasteiger partial charge on any atom is -0.438 e. The van der Waals surface area contributed by atoms with Crippen molar-refractivity contribution in [3.05, 3.63) is 45.6 Å². The van der Waals surface area contributed by atoms with Crippen molar-refractivity contribution in [2.75, 3.05) is 26.3 Å². The van der Waals surface area contributed by atoms with Crippen LogP contribution >= 0.6 is 11.3 Å². The fourth-order valence-electron chi connectivity index (χ4n) is 4.45. The predicted molar refractivity (Wildman–Crippen MR) is 120 cm³/mol. The number of morpholine rings is 1. The summed E-state index contributed by atoms with van der Waals surface area (Å²) in [5.41, 5.74) is 3.92. The molecule has 158 valence electrons. The van der Waals surface area contributed by atoms with Gasteiger partial charge in [0.2, 0.25) is 5.88 Å². The number of nitrogens with one attached hydrogen (secondary N) is 1. The second kappa shape index (κ2) is 8.25. The smallest absolute Gasteiger partial charge is 0.231 e. The zero-order valence-corrected chi connectivity index (χ0v) is 18.9. The van der Waals surface area contributed by atoms with Crippen LogP contribution in [0.1, 0.15) is 40.7 Å². The van der Waals surface area contributed by atoms with Gasteiger partial charge in [-0.15, -0.1) is 11.3 Å². The molecule has 1 saturated heterocycles. The minimum atomic E-state index is 0.734. The molecular weight excluding hydrogens is 394 g/mol. The molecule has 0 amide bonds. The summed E-state index contributed by atoms with van der Waals surface area (Å²) < 4.78 is 11.9. The molecule has 1 aliphatic carbocycles. The van der Waals surface area contributed by atoms with E-state index < -0.39 is 0 Å². The highest BCUT2D eigenvalue weighted by Gasteiger charge is 2.26. The summed E-state index contributed by atoms with van der Waals surface area (Å²) in [6.45, 7) is 11.1. The number of nitrogens with zero attached hydrogens (tertiary/aromatic N) is 2. The third kappa shape index (κ3) is 3.96. The van der Waals surface area contributed by atoms with Crippen LogP contribution in [0.2, 0.25) is 0 Å². The van der Waals surface area contributed by atoms with Gasteiger partial charge in [-0.05, 0) is 67.9 Å². The largest absolute Gasteiger partial charge is 0.438 e. The number of fused-ring (bicyclic) bond motifs is 3. The Morgan fingerprint density at radius 1 is 1.17 bits per heavy atom. The van der Waals surface area contributed by atoms with Gasteiger partial charge in [-0.3, -0.25) is 0 Å². The first-order valence-electron chi connectivity index (χ1n) is 11.0. The van der Waals surface area contributed by atoms with Gasteiger partial charge in [0.05, 0.1) is 18.6 Å². The van der Waals surface area contributed by atoms with Crippen LogP contribution in [0.15, 0.2) is 18.2 Å². The Balaban J connectivity index is 1.56. The first kappa shape index (κ1) is 19.9. The second-order valence-electron chi connectivity index (χ2n) is 8.86. The van der Waals surface area contributed by atoms with Crippen molar-refractivity contribution in [3.63, 3.8) is 0 Å². The molecule has 5 rings (SSSR count). The number of aromatic nitrogens is 2. The molecule has 0 radical (unpaired) electrons. The number of hydrogen-bond donors (Lipinski definition) is 1. The van der Waals surface area contributed by atoms with Crippen molar-refractivity contribution >= 4 is 21.6 Å². The summed E-state index contributed by atoms with van der Waals surface area (Å²) in [5, 5.41) is 1.14. The summed E-state index contributed by atoms with van der Waals surface area (Å²) in [4.78, 5) is 14.0. The molecule has 1 atom stereocenters. The van der Waals surface area contributed by atoms with Crippen molar-refractivity contribution in [2.45, 2.75) is 46.6 Å². The lowest BCUT2D eigenvalue weighted by atomic mass is 9.89. The quantitative estimate of drug-likeness (QED) is 0.695. The number of benzene rings is 1. The first-order valence-corrected chi connectivity index (χ1v) is 11.9. The van der Waals surface area contributed by atoms with E-state index in [0.717, 1.165) is 79.3 Å². The number of quaternary nitrogens is 1. The highest BCUT2D eigenvalue weighted by atomic mass is 32.1. The van der Waals surface area contributed by atoms with E-state index in [1.165, 1.54) is 32.9 Å². The topological polar surface area (TPSA) is 48.7 Å². The Morgan fingerprint density at radius 3 is 2.80 bits per heavy atom. The zero-order valence-electron chi connectivity index (χ0n) is 18.1. The summed E-state index contributed by atoms with van der Waals surface area (Å²) in [5.74, 6) is 3.20. The van der Waals surface area contributed by atoms with Crippen LogP contribution in [-0.4, -0.2) is 36.3 Å². The van der Waals surface area contributed by atoms with Crippen molar-refractivity contribution < 1.29 is 14.4 Å². The van der Waals surface area contributed by atoms with Crippen LogP contribution in [0, 0.1) is 19.8 Å². The second-order valence-corrected chi connectivity index (χ2v) is 9.95. The molecule has 1 fully saturated rings. The third-order valence-electron chi connectivity index (χ3n) is 6.47. The molecule has 0 spiro atoms. The third-order valence-corrected chi connectivity index (χ3v) is 7.62. The van der Waals surface area contributed by atoms with Crippen LogP contribution in [0.3, 0.4) is 0 Å². The van der Waals surface area contributed by atoms with E-state index in [4.69, 9.17) is 19.4 Å². The zero-order chi connectivity index (χ0) is 20.7. The molecule has 0 unspecified atom stereocenters. The maximum atomic E-state index is 6.43. The van der Waals surface area contributed by atoms with Gasteiger partial charge in [-0.1, -0.05) is 13.0 Å². The average molecular weight is 425 g/mol. The summed E-state index contributed by atoms with van der Waals surface area (Å²) >= 11 is 1.84. The Morgan fingerprint density at radius 2 is 2.00 bits per heavy atom. The van der Waals surface area contributed by atoms with Crippen LogP contribution in [-0.2, 0) is 24.1 Å². The number of hydrogen-bond acceptors (Lipinski definition) is 5. The van der Waals surface area contributed by atoms with E-state index in [1.54, 1.807) is 0 Å². The summed E-state index contributed by atoms with van der Waals surface area (Å²) in [6.07, 6.45) is 3.46. The number of ether oxygens (including phenoxy) is 2. The monoisotopic (exact) mass is 424 g/mol. The molecule has 0 bridgehead atoms. The molecule has 0 saturated carbocycles. The van der Waals surface area contributed by atoms with E-state index in [1.807, 2.05) is 17.4 Å². The lowest BCUT2D eigenvalue weighted by molar-refractivity contribution is -0.922. The van der Waals surface area contributed by atoms with Gasteiger partial charge < -0.3 is 14.4 Å². The van der Waals surface area contributed by atoms with Gasteiger partial charge in [-0.2, -0.15) is 4.98 Å². The molecule has 1 N–H and O–H groups in total. The van der Waals surface area contributed by atoms with E-state index in [2.05, 4.69) is 32.9 Å². The Bertz CT molecular complexity index is 1070. The molecule has 1 aromatic carbocycles. The number of aryl methyl sites for hydroxylation is 3. The van der Waals surface area contributed by atoms with Gasteiger partial charge in [0, 0.05) is 4.88 Å². The lowest BCUT2D eigenvalue weighted by Gasteiger charge is -2.23. The molecule has 5 nitrogen and oxygen atoms in total. The van der Waals surface area contributed by atoms with Crippen molar-refractivity contribution in [1.82, 2.24) is 9.97 Å². The van der Waals surface area contributed by atoms with E-state index in [-0.39, 0.29) is 0 Å². The summed E-state index contributed by atoms with van der Waals surface area (Å²) in [6, 6.07) is 6.27. The van der Waals surface area contributed by atoms with Crippen LogP contribution in [0.25, 0.3) is 10.2 Å². The van der Waals surface area contributed by atoms with Crippen LogP contribution < -0.4 is 9.64 Å². The number of thiophene rings is 1. The van der Waals surface area contributed by atoms with Gasteiger partial charge in [-0.25, -0.2) is 4.98 Å². The highest BCUT2D eigenvalue weighted by molar-refractivity contribution is 7.18. The van der Waals surface area contributed by atoms with Gasteiger partial charge in [0.1, 0.15) is 30.2 Å². The van der Waals surface area contributed by atoms with E-state index in [9.17, 15) is 0 Å². The van der Waals surface area contributed by atoms with E-state index >= 15 is 0 Å². The average Bonchev–Trinajstić information content (AvgIpc) is 3.09. The maximum absolute atomic E-state index is 6.43. The first-order chi connectivity index (χ1) is 14.6. The Hall–Kier alpha value is -2.02. The molecule has 6 heteroatoms.